The Labute approximate surface area is 196 Å². The number of carbonyl (C=O) groups is 1. The first-order chi connectivity index (χ1) is 14.9. The second-order valence-electron chi connectivity index (χ2n) is 6.69. The smallest absolute Gasteiger partial charge is 0.343 e. The maximum atomic E-state index is 12.4. The number of nitrogens with zero attached hydrogens (tertiary/aromatic N) is 1. The minimum Gasteiger partial charge on any atom is -0.440 e. The minimum atomic E-state index is -0.509. The molecule has 0 fully saturated rings. The second-order valence-corrected chi connectivity index (χ2v) is 8.42. The highest BCUT2D eigenvalue weighted by Crippen LogP contribution is 2.44. The molecule has 0 radical (unpaired) electrons. The van der Waals surface area contributed by atoms with E-state index < -0.39 is 11.9 Å². The molecule has 0 bridgehead atoms. The van der Waals surface area contributed by atoms with E-state index in [4.69, 9.17) is 38.4 Å². The summed E-state index contributed by atoms with van der Waals surface area (Å²) in [4.78, 5) is 12.4. The normalized spacial score (nSPS) is 15.0. The Balaban J connectivity index is 1.70. The third-order valence-electron chi connectivity index (χ3n) is 4.76. The average Bonchev–Trinajstić information content (AvgIpc) is 2.75. The average molecular weight is 516 g/mol. The summed E-state index contributed by atoms with van der Waals surface area (Å²) in [7, 11) is 0. The highest BCUT2D eigenvalue weighted by Gasteiger charge is 2.31. The Morgan fingerprint density at radius 1 is 1.06 bits per heavy atom. The zero-order valence-electron chi connectivity index (χ0n) is 15.7. The zero-order chi connectivity index (χ0) is 22.1. The predicted octanol–water partition coefficient (Wildman–Crippen LogP) is 6.19. The zero-order valence-corrected chi connectivity index (χ0v) is 18.8. The van der Waals surface area contributed by atoms with Gasteiger partial charge in [0.15, 0.2) is 0 Å². The van der Waals surface area contributed by atoms with E-state index in [-0.39, 0.29) is 17.2 Å². The van der Waals surface area contributed by atoms with E-state index in [1.54, 1.807) is 60.7 Å². The van der Waals surface area contributed by atoms with Crippen LogP contribution in [0.1, 0.15) is 27.4 Å². The van der Waals surface area contributed by atoms with Crippen LogP contribution >= 0.6 is 39.1 Å². The van der Waals surface area contributed by atoms with Gasteiger partial charge in [-0.3, -0.25) is 0 Å². The summed E-state index contributed by atoms with van der Waals surface area (Å²) >= 11 is 15.6. The van der Waals surface area contributed by atoms with Gasteiger partial charge in [0.05, 0.1) is 21.5 Å². The number of hydrogen-bond donors (Lipinski definition) is 1. The standard InChI is InChI=1S/C23H13BrCl2N2O3/c24-14-4-1-12(2-5-14)23(29)30-15-6-7-16-20(10-15)31-22(28)17(11-27)21(16)13-3-8-18(25)19(26)9-13/h1-10,21H,28H2. The number of rotatable bonds is 3. The molecule has 31 heavy (non-hydrogen) atoms. The number of fused-ring (bicyclic) bond motifs is 1. The molecule has 8 heteroatoms. The Hall–Kier alpha value is -2.98. The van der Waals surface area contributed by atoms with Gasteiger partial charge in [0.25, 0.3) is 0 Å². The molecule has 0 amide bonds. The molecule has 154 valence electrons. The number of benzene rings is 3. The van der Waals surface area contributed by atoms with Crippen molar-refractivity contribution in [3.63, 3.8) is 0 Å². The molecule has 3 aromatic carbocycles. The number of hydrogen-bond acceptors (Lipinski definition) is 5. The van der Waals surface area contributed by atoms with Crippen molar-refractivity contribution in [3.05, 3.63) is 103 Å². The number of esters is 1. The molecule has 0 aromatic heterocycles. The van der Waals surface area contributed by atoms with Gasteiger partial charge in [0.2, 0.25) is 5.88 Å². The van der Waals surface area contributed by atoms with E-state index >= 15 is 0 Å². The number of carbonyl (C=O) groups excluding carboxylic acids is 1. The van der Waals surface area contributed by atoms with Crippen LogP contribution < -0.4 is 15.2 Å². The SMILES string of the molecule is N#CC1=C(N)Oc2cc(OC(=O)c3ccc(Br)cc3)ccc2C1c1ccc(Cl)c(Cl)c1. The van der Waals surface area contributed by atoms with Crippen molar-refractivity contribution in [2.45, 2.75) is 5.92 Å². The van der Waals surface area contributed by atoms with Crippen LogP contribution in [0, 0.1) is 11.3 Å². The lowest BCUT2D eigenvalue weighted by atomic mass is 9.83. The molecule has 1 heterocycles. The lowest BCUT2D eigenvalue weighted by Gasteiger charge is -2.27. The van der Waals surface area contributed by atoms with Gasteiger partial charge < -0.3 is 15.2 Å². The van der Waals surface area contributed by atoms with Gasteiger partial charge >= 0.3 is 5.97 Å². The van der Waals surface area contributed by atoms with Crippen molar-refractivity contribution >= 4 is 45.1 Å². The lowest BCUT2D eigenvalue weighted by molar-refractivity contribution is 0.0734. The molecule has 0 saturated heterocycles. The molecule has 3 aromatic rings. The van der Waals surface area contributed by atoms with E-state index in [1.807, 2.05) is 0 Å². The topological polar surface area (TPSA) is 85.3 Å². The molecule has 1 atom stereocenters. The highest BCUT2D eigenvalue weighted by molar-refractivity contribution is 9.10. The first-order valence-electron chi connectivity index (χ1n) is 9.01. The van der Waals surface area contributed by atoms with E-state index in [0.717, 1.165) is 10.0 Å². The molecule has 0 saturated carbocycles. The van der Waals surface area contributed by atoms with Crippen molar-refractivity contribution in [2.24, 2.45) is 5.73 Å². The van der Waals surface area contributed by atoms with Crippen LogP contribution in [0.25, 0.3) is 0 Å². The molecule has 5 nitrogen and oxygen atoms in total. The maximum Gasteiger partial charge on any atom is 0.343 e. The van der Waals surface area contributed by atoms with Gasteiger partial charge in [-0.05, 0) is 48.0 Å². The third kappa shape index (κ3) is 4.26. The van der Waals surface area contributed by atoms with Crippen molar-refractivity contribution in [1.29, 1.82) is 5.26 Å². The molecular formula is C23H13BrCl2N2O3. The fraction of sp³-hybridized carbons (Fsp3) is 0.0435. The fourth-order valence-corrected chi connectivity index (χ4v) is 3.86. The Morgan fingerprint density at radius 2 is 1.81 bits per heavy atom. The monoisotopic (exact) mass is 514 g/mol. The van der Waals surface area contributed by atoms with Crippen LogP contribution in [0.15, 0.2) is 76.6 Å². The quantitative estimate of drug-likeness (QED) is 0.332. The highest BCUT2D eigenvalue weighted by atomic mass is 79.9. The fourth-order valence-electron chi connectivity index (χ4n) is 3.29. The molecule has 0 aliphatic carbocycles. The van der Waals surface area contributed by atoms with Crippen molar-refractivity contribution < 1.29 is 14.3 Å². The van der Waals surface area contributed by atoms with Gasteiger partial charge in [-0.15, -0.1) is 0 Å². The number of halogens is 3. The summed E-state index contributed by atoms with van der Waals surface area (Å²) in [5.74, 6) is -0.367. The van der Waals surface area contributed by atoms with Crippen LogP contribution in [0.3, 0.4) is 0 Å². The van der Waals surface area contributed by atoms with E-state index in [0.29, 0.717) is 26.9 Å². The lowest BCUT2D eigenvalue weighted by Crippen LogP contribution is -2.21. The van der Waals surface area contributed by atoms with Gasteiger partial charge in [0, 0.05) is 16.1 Å². The van der Waals surface area contributed by atoms with Crippen LogP contribution in [0.4, 0.5) is 0 Å². The summed E-state index contributed by atoms with van der Waals surface area (Å²) in [5.41, 5.74) is 8.10. The van der Waals surface area contributed by atoms with Gasteiger partial charge in [-0.2, -0.15) is 5.26 Å². The molecular weight excluding hydrogens is 503 g/mol. The first-order valence-corrected chi connectivity index (χ1v) is 10.6. The number of ether oxygens (including phenoxy) is 2. The third-order valence-corrected chi connectivity index (χ3v) is 6.03. The van der Waals surface area contributed by atoms with Crippen LogP contribution in [-0.4, -0.2) is 5.97 Å². The largest absolute Gasteiger partial charge is 0.440 e. The number of nitriles is 1. The van der Waals surface area contributed by atoms with E-state index in [9.17, 15) is 10.1 Å². The maximum absolute atomic E-state index is 12.4. The van der Waals surface area contributed by atoms with Gasteiger partial charge in [0.1, 0.15) is 23.1 Å². The summed E-state index contributed by atoms with van der Waals surface area (Å²) in [5, 5.41) is 10.4. The van der Waals surface area contributed by atoms with Crippen LogP contribution in [-0.2, 0) is 0 Å². The Kier molecular flexibility index (Phi) is 5.92. The predicted molar refractivity (Wildman–Crippen MR) is 121 cm³/mol. The molecule has 2 N–H and O–H groups in total. The molecule has 1 aliphatic heterocycles. The second kappa shape index (κ2) is 8.64. The van der Waals surface area contributed by atoms with Gasteiger partial charge in [-0.25, -0.2) is 4.79 Å². The van der Waals surface area contributed by atoms with E-state index in [2.05, 4.69) is 22.0 Å². The summed E-state index contributed by atoms with van der Waals surface area (Å²) in [6.45, 7) is 0. The molecule has 1 unspecified atom stereocenters. The van der Waals surface area contributed by atoms with Crippen molar-refractivity contribution in [2.75, 3.05) is 0 Å². The molecule has 1 aliphatic rings. The summed E-state index contributed by atoms with van der Waals surface area (Å²) in [6.07, 6.45) is 0. The number of nitrogens with two attached hydrogens (primary N) is 1. The van der Waals surface area contributed by atoms with Gasteiger partial charge in [-0.1, -0.05) is 51.3 Å². The Bertz CT molecular complexity index is 1270. The van der Waals surface area contributed by atoms with Crippen LogP contribution in [0.2, 0.25) is 10.0 Å². The summed E-state index contributed by atoms with van der Waals surface area (Å²) < 4.78 is 12.0. The van der Waals surface area contributed by atoms with E-state index in [1.165, 1.54) is 0 Å². The first kappa shape index (κ1) is 21.3. The molecule has 0 spiro atoms. The molecule has 4 rings (SSSR count). The number of allylic oxidation sites excluding steroid dienone is 1. The summed E-state index contributed by atoms with van der Waals surface area (Å²) in [6, 6.07) is 19.0. The Morgan fingerprint density at radius 3 is 2.48 bits per heavy atom. The minimum absolute atomic E-state index is 0.0255. The van der Waals surface area contributed by atoms with Crippen LogP contribution in [0.5, 0.6) is 11.5 Å². The van der Waals surface area contributed by atoms with Crippen molar-refractivity contribution in [3.8, 4) is 17.6 Å². The van der Waals surface area contributed by atoms with Crippen molar-refractivity contribution in [1.82, 2.24) is 0 Å².